The molecule has 1 amide bonds. The van der Waals surface area contributed by atoms with Crippen LogP contribution >= 0.6 is 0 Å². The van der Waals surface area contributed by atoms with Crippen molar-refractivity contribution in [1.29, 1.82) is 0 Å². The molecule has 106 valence electrons. The van der Waals surface area contributed by atoms with Gasteiger partial charge in [-0.1, -0.05) is 18.2 Å². The Bertz CT molecular complexity index is 644. The number of nitrogens with zero attached hydrogens (tertiary/aromatic N) is 2. The van der Waals surface area contributed by atoms with Gasteiger partial charge in [0.2, 0.25) is 0 Å². The number of para-hydroxylation sites is 1. The quantitative estimate of drug-likeness (QED) is 0.805. The van der Waals surface area contributed by atoms with Crippen LogP contribution in [0.15, 0.2) is 30.3 Å². The number of benzene rings is 1. The molecule has 0 unspecified atom stereocenters. The molecule has 0 fully saturated rings. The van der Waals surface area contributed by atoms with Crippen LogP contribution < -0.4 is 0 Å². The second-order valence-corrected chi connectivity index (χ2v) is 4.89. The molecule has 1 aromatic carbocycles. The molecule has 20 heavy (non-hydrogen) atoms. The number of carbonyl (C=O) groups excluding carboxylic acids is 1. The highest BCUT2D eigenvalue weighted by molar-refractivity contribution is 5.95. The molecule has 4 nitrogen and oxygen atoms in total. The second-order valence-electron chi connectivity index (χ2n) is 4.89. The third-order valence-electron chi connectivity index (χ3n) is 3.58. The first kappa shape index (κ1) is 14.3. The molecule has 2 rings (SSSR count). The van der Waals surface area contributed by atoms with E-state index in [4.69, 9.17) is 4.84 Å². The van der Waals surface area contributed by atoms with Crippen molar-refractivity contribution in [2.75, 3.05) is 14.2 Å². The van der Waals surface area contributed by atoms with Crippen molar-refractivity contribution in [3.8, 4) is 5.69 Å². The maximum atomic E-state index is 12.3. The lowest BCUT2D eigenvalue weighted by Gasteiger charge is -2.15. The molecular weight excluding hydrogens is 252 g/mol. The number of rotatable bonds is 3. The predicted molar refractivity (Wildman–Crippen MR) is 79.1 cm³/mol. The van der Waals surface area contributed by atoms with Crippen molar-refractivity contribution in [3.05, 3.63) is 52.8 Å². The van der Waals surface area contributed by atoms with Crippen molar-refractivity contribution in [2.45, 2.75) is 20.8 Å². The van der Waals surface area contributed by atoms with E-state index in [1.54, 1.807) is 7.05 Å². The number of amides is 1. The third-order valence-corrected chi connectivity index (χ3v) is 3.58. The van der Waals surface area contributed by atoms with Crippen molar-refractivity contribution in [3.63, 3.8) is 0 Å². The number of aryl methyl sites for hydroxylation is 2. The van der Waals surface area contributed by atoms with Gasteiger partial charge in [-0.25, -0.2) is 5.06 Å². The van der Waals surface area contributed by atoms with E-state index in [0.29, 0.717) is 5.56 Å². The van der Waals surface area contributed by atoms with Gasteiger partial charge >= 0.3 is 0 Å². The molecule has 0 aliphatic rings. The number of hydroxylamine groups is 2. The van der Waals surface area contributed by atoms with E-state index in [2.05, 4.69) is 23.6 Å². The molecule has 4 heteroatoms. The molecule has 0 bridgehead atoms. The van der Waals surface area contributed by atoms with Gasteiger partial charge in [0.05, 0.1) is 12.7 Å². The van der Waals surface area contributed by atoms with Gasteiger partial charge in [0.15, 0.2) is 0 Å². The summed E-state index contributed by atoms with van der Waals surface area (Å²) in [6.07, 6.45) is 0. The minimum absolute atomic E-state index is 0.138. The van der Waals surface area contributed by atoms with Gasteiger partial charge < -0.3 is 4.57 Å². The molecular formula is C16H20N2O2. The Kier molecular flexibility index (Phi) is 3.95. The van der Waals surface area contributed by atoms with Gasteiger partial charge in [0.25, 0.3) is 5.91 Å². The van der Waals surface area contributed by atoms with E-state index in [1.165, 1.54) is 17.7 Å². The van der Waals surface area contributed by atoms with Gasteiger partial charge in [-0.3, -0.25) is 9.63 Å². The molecule has 0 radical (unpaired) electrons. The summed E-state index contributed by atoms with van der Waals surface area (Å²) in [5, 5.41) is 1.24. The lowest BCUT2D eigenvalue weighted by molar-refractivity contribution is -0.0757. The van der Waals surface area contributed by atoms with Crippen LogP contribution in [-0.4, -0.2) is 29.7 Å². The van der Waals surface area contributed by atoms with Crippen LogP contribution in [0.2, 0.25) is 0 Å². The van der Waals surface area contributed by atoms with E-state index in [1.807, 2.05) is 32.0 Å². The zero-order valence-electron chi connectivity index (χ0n) is 12.6. The number of carbonyl (C=O) groups is 1. The molecule has 0 saturated heterocycles. The minimum Gasteiger partial charge on any atom is -0.317 e. The number of hydrogen-bond donors (Lipinski definition) is 0. The van der Waals surface area contributed by atoms with Gasteiger partial charge in [-0.2, -0.15) is 0 Å². The summed E-state index contributed by atoms with van der Waals surface area (Å²) in [6.45, 7) is 6.02. The van der Waals surface area contributed by atoms with Crippen molar-refractivity contribution < 1.29 is 9.63 Å². The summed E-state index contributed by atoms with van der Waals surface area (Å²) in [6, 6.07) is 10.0. The molecule has 0 spiro atoms. The Labute approximate surface area is 119 Å². The lowest BCUT2D eigenvalue weighted by Crippen LogP contribution is -2.25. The molecule has 1 aromatic heterocycles. The zero-order chi connectivity index (χ0) is 14.9. The average molecular weight is 272 g/mol. The lowest BCUT2D eigenvalue weighted by atomic mass is 10.2. The van der Waals surface area contributed by atoms with Crippen LogP contribution in [0.5, 0.6) is 0 Å². The van der Waals surface area contributed by atoms with Crippen molar-refractivity contribution >= 4 is 5.91 Å². The Morgan fingerprint density at radius 1 is 1.20 bits per heavy atom. The highest BCUT2D eigenvalue weighted by Gasteiger charge is 2.20. The zero-order valence-corrected chi connectivity index (χ0v) is 12.6. The summed E-state index contributed by atoms with van der Waals surface area (Å²) in [5.41, 5.74) is 4.89. The first-order chi connectivity index (χ1) is 9.47. The normalized spacial score (nSPS) is 10.7. The van der Waals surface area contributed by atoms with Crippen LogP contribution in [0.25, 0.3) is 5.69 Å². The van der Waals surface area contributed by atoms with E-state index >= 15 is 0 Å². The topological polar surface area (TPSA) is 34.5 Å². The molecule has 0 N–H and O–H groups in total. The summed E-state index contributed by atoms with van der Waals surface area (Å²) in [7, 11) is 3.10. The van der Waals surface area contributed by atoms with Crippen LogP contribution in [-0.2, 0) is 4.84 Å². The first-order valence-corrected chi connectivity index (χ1v) is 6.54. The Morgan fingerprint density at radius 3 is 2.45 bits per heavy atom. The van der Waals surface area contributed by atoms with Crippen molar-refractivity contribution in [1.82, 2.24) is 9.63 Å². The molecule has 0 aliphatic heterocycles. The highest BCUT2D eigenvalue weighted by atomic mass is 16.7. The maximum Gasteiger partial charge on any atom is 0.278 e. The number of hydrogen-bond acceptors (Lipinski definition) is 2. The van der Waals surface area contributed by atoms with Crippen LogP contribution in [0.1, 0.15) is 27.3 Å². The molecule has 0 saturated carbocycles. The summed E-state index contributed by atoms with van der Waals surface area (Å²) >= 11 is 0. The summed E-state index contributed by atoms with van der Waals surface area (Å²) in [5.74, 6) is -0.138. The van der Waals surface area contributed by atoms with Gasteiger partial charge in [0, 0.05) is 24.1 Å². The van der Waals surface area contributed by atoms with Gasteiger partial charge in [-0.15, -0.1) is 0 Å². The maximum absolute atomic E-state index is 12.3. The Balaban J connectivity index is 2.56. The fourth-order valence-electron chi connectivity index (χ4n) is 2.42. The Hall–Kier alpha value is -2.07. The fraction of sp³-hybridized carbons (Fsp3) is 0.312. The second kappa shape index (κ2) is 5.51. The SMILES string of the molecule is CON(C)C(=O)c1cc(C)n(-c2ccccc2C)c1C. The fourth-order valence-corrected chi connectivity index (χ4v) is 2.42. The summed E-state index contributed by atoms with van der Waals surface area (Å²) in [4.78, 5) is 17.2. The van der Waals surface area contributed by atoms with Crippen LogP contribution in [0.3, 0.4) is 0 Å². The minimum atomic E-state index is -0.138. The highest BCUT2D eigenvalue weighted by Crippen LogP contribution is 2.23. The standard InChI is InChI=1S/C16H20N2O2/c1-11-8-6-7-9-15(11)18-12(2)10-14(13(18)3)16(19)17(4)20-5/h6-10H,1-5H3. The largest absolute Gasteiger partial charge is 0.317 e. The van der Waals surface area contributed by atoms with Crippen LogP contribution in [0.4, 0.5) is 0 Å². The van der Waals surface area contributed by atoms with E-state index < -0.39 is 0 Å². The molecule has 1 heterocycles. The monoisotopic (exact) mass is 272 g/mol. The Morgan fingerprint density at radius 2 is 1.85 bits per heavy atom. The van der Waals surface area contributed by atoms with Gasteiger partial charge in [0.1, 0.15) is 0 Å². The van der Waals surface area contributed by atoms with Gasteiger partial charge in [-0.05, 0) is 38.5 Å². The average Bonchev–Trinajstić information content (AvgIpc) is 2.73. The number of aromatic nitrogens is 1. The van der Waals surface area contributed by atoms with Crippen LogP contribution in [0, 0.1) is 20.8 Å². The smallest absolute Gasteiger partial charge is 0.278 e. The third kappa shape index (κ3) is 2.34. The predicted octanol–water partition coefficient (Wildman–Crippen LogP) is 3.04. The van der Waals surface area contributed by atoms with Crippen molar-refractivity contribution in [2.24, 2.45) is 0 Å². The summed E-state index contributed by atoms with van der Waals surface area (Å²) < 4.78 is 2.10. The molecule has 0 aliphatic carbocycles. The molecule has 0 atom stereocenters. The van der Waals surface area contributed by atoms with E-state index in [0.717, 1.165) is 17.1 Å². The van der Waals surface area contributed by atoms with E-state index in [9.17, 15) is 4.79 Å². The first-order valence-electron chi connectivity index (χ1n) is 6.54. The molecule has 2 aromatic rings. The van der Waals surface area contributed by atoms with E-state index in [-0.39, 0.29) is 5.91 Å².